The standard InChI is InChI=1S/C43H62N4O7S2/c1-9-11-13-15-17-19-23-55-30-26-29-33-32-28(36(48)46(38(50)34(30)32)22-21-44-41(53)54-43(6,7)8)25-31(56-24-20-18-16-14-12-10-2)35(33)39(51)47(37(29)49)27-45-40(52)42(3,4)5/h25-26H,9-24,27H2,1-8H3,(H,44,53)(H,45,52). The second-order valence-corrected chi connectivity index (χ2v) is 19.0. The van der Waals surface area contributed by atoms with Crippen LogP contribution in [0.2, 0.25) is 0 Å². The van der Waals surface area contributed by atoms with Crippen LogP contribution in [-0.4, -0.2) is 82.3 Å². The van der Waals surface area contributed by atoms with Gasteiger partial charge in [0.25, 0.3) is 23.6 Å². The van der Waals surface area contributed by atoms with Crippen molar-refractivity contribution < 1.29 is 33.5 Å². The number of hydrogen-bond donors (Lipinski definition) is 2. The molecule has 2 aliphatic rings. The molecule has 2 heterocycles. The van der Waals surface area contributed by atoms with E-state index in [1.807, 2.05) is 0 Å². The van der Waals surface area contributed by atoms with Gasteiger partial charge in [-0.15, -0.1) is 23.5 Å². The number of unbranched alkanes of at least 4 members (excludes halogenated alkanes) is 10. The van der Waals surface area contributed by atoms with Crippen molar-refractivity contribution in [2.45, 2.75) is 148 Å². The van der Waals surface area contributed by atoms with E-state index in [0.717, 1.165) is 74.0 Å². The molecule has 0 aromatic heterocycles. The topological polar surface area (TPSA) is 142 Å². The SMILES string of the molecule is CCCCCCCCSc1cc2c3c(c(SCCCCCCCC)cc4c3c1C(=O)N(CCNC(=O)OC(C)(C)C)C4=O)C(=O)N(CNC(=O)C(C)(C)C)C2=O. The maximum atomic E-state index is 14.5. The molecular formula is C43H62N4O7S2. The van der Waals surface area contributed by atoms with Crippen LogP contribution in [0.3, 0.4) is 0 Å². The minimum Gasteiger partial charge on any atom is -0.444 e. The highest BCUT2D eigenvalue weighted by Gasteiger charge is 2.43. The van der Waals surface area contributed by atoms with E-state index in [2.05, 4.69) is 24.5 Å². The first kappa shape index (κ1) is 45.1. The predicted octanol–water partition coefficient (Wildman–Crippen LogP) is 9.58. The molecule has 0 fully saturated rings. The van der Waals surface area contributed by atoms with Crippen molar-refractivity contribution in [2.75, 3.05) is 31.3 Å². The molecule has 0 radical (unpaired) electrons. The van der Waals surface area contributed by atoms with Gasteiger partial charge < -0.3 is 15.4 Å². The summed E-state index contributed by atoms with van der Waals surface area (Å²) in [5, 5.41) is 6.06. The molecule has 56 heavy (non-hydrogen) atoms. The maximum absolute atomic E-state index is 14.5. The summed E-state index contributed by atoms with van der Waals surface area (Å²) in [6.45, 7) is 14.5. The van der Waals surface area contributed by atoms with Crippen molar-refractivity contribution >= 4 is 69.9 Å². The Labute approximate surface area is 341 Å². The van der Waals surface area contributed by atoms with Crippen LogP contribution in [0.15, 0.2) is 21.9 Å². The summed E-state index contributed by atoms with van der Waals surface area (Å²) in [6.07, 6.45) is 12.4. The number of rotatable bonds is 21. The number of thioether (sulfide) groups is 2. The van der Waals surface area contributed by atoms with E-state index in [0.29, 0.717) is 32.1 Å². The largest absolute Gasteiger partial charge is 0.444 e. The van der Waals surface area contributed by atoms with Crippen LogP contribution in [0.5, 0.6) is 0 Å². The molecule has 13 heteroatoms. The molecule has 4 rings (SSSR count). The van der Waals surface area contributed by atoms with Crippen LogP contribution < -0.4 is 10.6 Å². The molecule has 0 saturated carbocycles. The lowest BCUT2D eigenvalue weighted by atomic mass is 9.85. The number of hydrogen-bond acceptors (Lipinski definition) is 9. The highest BCUT2D eigenvalue weighted by atomic mass is 32.2. The van der Waals surface area contributed by atoms with Crippen LogP contribution in [0.4, 0.5) is 4.79 Å². The molecule has 0 saturated heterocycles. The van der Waals surface area contributed by atoms with E-state index >= 15 is 0 Å². The first-order chi connectivity index (χ1) is 26.5. The Morgan fingerprint density at radius 1 is 0.625 bits per heavy atom. The predicted molar refractivity (Wildman–Crippen MR) is 225 cm³/mol. The second kappa shape index (κ2) is 20.2. The number of imide groups is 2. The molecule has 308 valence electrons. The number of benzene rings is 2. The molecule has 0 atom stereocenters. The summed E-state index contributed by atoms with van der Waals surface area (Å²) in [6, 6.07) is 3.41. The zero-order valence-corrected chi connectivity index (χ0v) is 36.4. The smallest absolute Gasteiger partial charge is 0.407 e. The number of carbonyl (C=O) groups is 6. The van der Waals surface area contributed by atoms with Crippen molar-refractivity contribution in [3.05, 3.63) is 34.4 Å². The summed E-state index contributed by atoms with van der Waals surface area (Å²) < 4.78 is 5.36. The Morgan fingerprint density at radius 3 is 1.54 bits per heavy atom. The number of nitrogens with one attached hydrogen (secondary N) is 2. The molecule has 6 amide bonds. The van der Waals surface area contributed by atoms with Gasteiger partial charge in [-0.3, -0.25) is 33.8 Å². The van der Waals surface area contributed by atoms with Crippen molar-refractivity contribution in [2.24, 2.45) is 5.41 Å². The van der Waals surface area contributed by atoms with Crippen LogP contribution >= 0.6 is 23.5 Å². The maximum Gasteiger partial charge on any atom is 0.407 e. The van der Waals surface area contributed by atoms with Gasteiger partial charge in [0.05, 0.1) is 11.1 Å². The van der Waals surface area contributed by atoms with E-state index in [9.17, 15) is 28.8 Å². The molecule has 2 N–H and O–H groups in total. The summed E-state index contributed by atoms with van der Waals surface area (Å²) in [4.78, 5) is 86.4. The zero-order valence-electron chi connectivity index (χ0n) is 34.7. The highest BCUT2D eigenvalue weighted by molar-refractivity contribution is 7.99. The van der Waals surface area contributed by atoms with Gasteiger partial charge in [-0.25, -0.2) is 4.79 Å². The quantitative estimate of drug-likeness (QED) is 0.0716. The number of carbonyl (C=O) groups excluding carboxylic acids is 6. The average Bonchev–Trinajstić information content (AvgIpc) is 3.12. The Kier molecular flexibility index (Phi) is 16.3. The Hall–Kier alpha value is -3.58. The third kappa shape index (κ3) is 11.3. The molecule has 2 aliphatic heterocycles. The lowest BCUT2D eigenvalue weighted by Gasteiger charge is -2.34. The second-order valence-electron chi connectivity index (χ2n) is 16.7. The molecule has 0 aliphatic carbocycles. The van der Waals surface area contributed by atoms with Crippen molar-refractivity contribution in [1.29, 1.82) is 0 Å². The minimum absolute atomic E-state index is 0.0207. The van der Waals surface area contributed by atoms with E-state index in [1.165, 1.54) is 36.4 Å². The lowest BCUT2D eigenvalue weighted by Crippen LogP contribution is -2.50. The van der Waals surface area contributed by atoms with Crippen molar-refractivity contribution in [3.63, 3.8) is 0 Å². The third-order valence-electron chi connectivity index (χ3n) is 9.79. The van der Waals surface area contributed by atoms with Crippen LogP contribution in [-0.2, 0) is 9.53 Å². The summed E-state index contributed by atoms with van der Waals surface area (Å²) in [7, 11) is 0. The van der Waals surface area contributed by atoms with Gasteiger partial charge in [0.1, 0.15) is 12.3 Å². The summed E-state index contributed by atoms with van der Waals surface area (Å²) in [5.41, 5.74) is -0.417. The Balaban J connectivity index is 1.80. The fourth-order valence-corrected chi connectivity index (χ4v) is 9.00. The van der Waals surface area contributed by atoms with Gasteiger partial charge >= 0.3 is 6.09 Å². The van der Waals surface area contributed by atoms with Crippen molar-refractivity contribution in [3.8, 4) is 0 Å². The van der Waals surface area contributed by atoms with Crippen LogP contribution in [0.1, 0.15) is 174 Å². The number of ether oxygens (including phenoxy) is 1. The minimum atomic E-state index is -0.742. The van der Waals surface area contributed by atoms with E-state index in [1.54, 1.807) is 53.7 Å². The normalized spacial score (nSPS) is 14.2. The van der Waals surface area contributed by atoms with Gasteiger partial charge in [0, 0.05) is 50.2 Å². The van der Waals surface area contributed by atoms with E-state index in [-0.39, 0.29) is 47.9 Å². The molecule has 2 aromatic carbocycles. The van der Waals surface area contributed by atoms with Gasteiger partial charge in [0.15, 0.2) is 0 Å². The number of amides is 6. The molecular weight excluding hydrogens is 749 g/mol. The molecule has 0 spiro atoms. The average molecular weight is 811 g/mol. The Bertz CT molecular complexity index is 1800. The third-order valence-corrected chi connectivity index (χ3v) is 12.0. The molecule has 0 unspecified atom stereocenters. The van der Waals surface area contributed by atoms with Gasteiger partial charge in [-0.05, 0) is 57.3 Å². The fourth-order valence-electron chi connectivity index (χ4n) is 6.80. The van der Waals surface area contributed by atoms with Crippen molar-refractivity contribution in [1.82, 2.24) is 20.4 Å². The van der Waals surface area contributed by atoms with Gasteiger partial charge in [-0.1, -0.05) is 98.8 Å². The number of nitrogens with zero attached hydrogens (tertiary/aromatic N) is 2. The van der Waals surface area contributed by atoms with Crippen LogP contribution in [0, 0.1) is 5.41 Å². The van der Waals surface area contributed by atoms with E-state index < -0.39 is 40.7 Å². The summed E-state index contributed by atoms with van der Waals surface area (Å²) >= 11 is 2.94. The monoisotopic (exact) mass is 810 g/mol. The molecule has 11 nitrogen and oxygen atoms in total. The highest BCUT2D eigenvalue weighted by Crippen LogP contribution is 2.46. The fraction of sp³-hybridized carbons (Fsp3) is 0.628. The first-order valence-corrected chi connectivity index (χ1v) is 22.4. The summed E-state index contributed by atoms with van der Waals surface area (Å²) in [5.74, 6) is -1.17. The van der Waals surface area contributed by atoms with Gasteiger partial charge in [0.2, 0.25) is 5.91 Å². The molecule has 0 bridgehead atoms. The van der Waals surface area contributed by atoms with Gasteiger partial charge in [-0.2, -0.15) is 0 Å². The number of alkyl carbamates (subject to hydrolysis) is 1. The molecule has 2 aromatic rings. The van der Waals surface area contributed by atoms with E-state index in [4.69, 9.17) is 4.74 Å². The lowest BCUT2D eigenvalue weighted by molar-refractivity contribution is -0.128. The first-order valence-electron chi connectivity index (χ1n) is 20.4. The zero-order chi connectivity index (χ0) is 41.2. The Morgan fingerprint density at radius 2 is 1.07 bits per heavy atom. The van der Waals surface area contributed by atoms with Crippen LogP contribution in [0.25, 0.3) is 10.8 Å².